The summed E-state index contributed by atoms with van der Waals surface area (Å²) in [5, 5.41) is 45.2. The summed E-state index contributed by atoms with van der Waals surface area (Å²) in [6, 6.07) is 7.30. The molecule has 5 heterocycles. The van der Waals surface area contributed by atoms with Gasteiger partial charge in [-0.2, -0.15) is 0 Å². The normalized spacial score (nSPS) is 14.1. The monoisotopic (exact) mass is 923 g/mol. The Hall–Kier alpha value is -5.55. The first-order valence-electron chi connectivity index (χ1n) is 22.3. The molecule has 0 aromatic carbocycles. The minimum absolute atomic E-state index is 0. The number of hydrogen-bond donors (Lipinski definition) is 3. The molecule has 11 nitrogen and oxygen atoms in total. The number of carboxylic acids is 2. The number of allylic oxidation sites excluding steroid dienone is 11. The summed E-state index contributed by atoms with van der Waals surface area (Å²) >= 11 is 0. The van der Waals surface area contributed by atoms with Gasteiger partial charge in [0, 0.05) is 39.2 Å². The van der Waals surface area contributed by atoms with Gasteiger partial charge in [0.05, 0.1) is 34.5 Å². The van der Waals surface area contributed by atoms with Crippen LogP contribution in [0.1, 0.15) is 164 Å². The topological polar surface area (TPSA) is 175 Å². The third-order valence-electron chi connectivity index (χ3n) is 11.9. The van der Waals surface area contributed by atoms with Crippen molar-refractivity contribution in [3.05, 3.63) is 122 Å². The van der Waals surface area contributed by atoms with Crippen molar-refractivity contribution in [2.24, 2.45) is 0 Å². The smallest absolute Gasteiger partial charge is 0.657 e. The van der Waals surface area contributed by atoms with Crippen molar-refractivity contribution < 1.29 is 46.7 Å². The van der Waals surface area contributed by atoms with Crippen LogP contribution >= 0.6 is 0 Å². The SMILES string of the molecule is C=CC1=C(C)c2cc3[n-]c(cc4nc(cc5[n-]c(cc1n2)c(C)c5CCC(=O)O)C(CCC(=O)O)=C4C=[N+]([O-])C(C)(C)C)c(C)c3C(O)CC/C=C(\C)CC/C=C(\C)CCC=C(C)C.[Fe+2]. The predicted octanol–water partition coefficient (Wildman–Crippen LogP) is 11.7. The molecule has 0 spiro atoms. The largest absolute Gasteiger partial charge is 2.00 e. The number of carbonyl (C=O) groups is 2. The molecule has 12 heteroatoms. The van der Waals surface area contributed by atoms with Crippen LogP contribution in [-0.2, 0) is 33.1 Å². The fourth-order valence-corrected chi connectivity index (χ4v) is 8.04. The molecule has 346 valence electrons. The predicted molar refractivity (Wildman–Crippen MR) is 260 cm³/mol. The minimum Gasteiger partial charge on any atom is -0.657 e. The minimum atomic E-state index is -1.01. The first-order valence-corrected chi connectivity index (χ1v) is 22.3. The number of aromatic nitrogens is 4. The average Bonchev–Trinajstić information content (AvgIpc) is 3.88. The number of rotatable bonds is 18. The molecular formula is C53H65FeN5O6. The van der Waals surface area contributed by atoms with Gasteiger partial charge in [0.15, 0.2) is 11.8 Å². The van der Waals surface area contributed by atoms with Gasteiger partial charge in [-0.3, -0.25) is 9.59 Å². The van der Waals surface area contributed by atoms with Crippen LogP contribution < -0.4 is 9.97 Å². The molecule has 2 aliphatic heterocycles. The molecule has 8 bridgehead atoms. The third-order valence-corrected chi connectivity index (χ3v) is 11.9. The molecule has 0 saturated heterocycles. The van der Waals surface area contributed by atoms with Gasteiger partial charge in [-0.1, -0.05) is 88.6 Å². The van der Waals surface area contributed by atoms with E-state index in [9.17, 15) is 30.1 Å². The van der Waals surface area contributed by atoms with Crippen LogP contribution in [0.3, 0.4) is 0 Å². The maximum Gasteiger partial charge on any atom is 2.00 e. The maximum absolute atomic E-state index is 13.7. The van der Waals surface area contributed by atoms with Crippen LogP contribution in [0, 0.1) is 19.1 Å². The Morgan fingerprint density at radius 1 is 0.738 bits per heavy atom. The van der Waals surface area contributed by atoms with E-state index >= 15 is 0 Å². The van der Waals surface area contributed by atoms with Gasteiger partial charge in [-0.05, 0) is 117 Å². The zero-order chi connectivity index (χ0) is 47.0. The molecule has 0 aliphatic carbocycles. The van der Waals surface area contributed by atoms with Crippen molar-refractivity contribution in [3.63, 3.8) is 0 Å². The fourth-order valence-electron chi connectivity index (χ4n) is 8.04. The second-order valence-electron chi connectivity index (χ2n) is 18.3. The molecule has 3 aromatic heterocycles. The standard InChI is InChI=1S/C53H67N5O6.Fe/c1-12-37-34(6)42-28-48-52(49(59)21-15-20-33(5)19-14-18-32(4)17-13-16-31(2)3)36(8)43(56-48)27-47-40(30-58(64)53(9,10)11)39(23-25-51(62)63)46(57-47)29-45-38(22-24-50(60)61)35(7)41(55-45)26-44(37)54-42;/h12,16,18,20,26-30,49,59H,1,13-15,17,19,21-25H2,2-11H3,(H4,54,55,56,57,60,61,62,63);/q;+2/p-2/b32-18+,33-20+,41-26?,42-28?,43-27?,44-26?,45-29?,46-29?,47-27?,48-28?,58-30?;. The van der Waals surface area contributed by atoms with E-state index in [0.29, 0.717) is 74.4 Å². The Bertz CT molecular complexity index is 2680. The number of fused-ring (bicyclic) bond motifs is 8. The van der Waals surface area contributed by atoms with Crippen molar-refractivity contribution in [1.82, 2.24) is 19.9 Å². The van der Waals surface area contributed by atoms with E-state index in [2.05, 4.69) is 52.5 Å². The van der Waals surface area contributed by atoms with E-state index in [-0.39, 0.29) is 42.8 Å². The summed E-state index contributed by atoms with van der Waals surface area (Å²) in [5.41, 5.74) is 13.0. The van der Waals surface area contributed by atoms with Crippen molar-refractivity contribution in [1.29, 1.82) is 0 Å². The van der Waals surface area contributed by atoms with Gasteiger partial charge >= 0.3 is 29.0 Å². The molecule has 0 amide bonds. The number of nitrogens with zero attached hydrogens (tertiary/aromatic N) is 5. The maximum atomic E-state index is 13.7. The summed E-state index contributed by atoms with van der Waals surface area (Å²) in [7, 11) is 0. The van der Waals surface area contributed by atoms with Crippen LogP contribution in [0.4, 0.5) is 0 Å². The molecule has 1 atom stereocenters. The number of aryl methyl sites for hydroxylation is 3. The van der Waals surface area contributed by atoms with Gasteiger partial charge in [0.1, 0.15) is 0 Å². The number of hydroxylamine groups is 1. The summed E-state index contributed by atoms with van der Waals surface area (Å²) in [4.78, 5) is 44.1. The van der Waals surface area contributed by atoms with E-state index in [1.807, 2.05) is 32.9 Å². The van der Waals surface area contributed by atoms with Gasteiger partial charge in [-0.15, -0.1) is 22.1 Å². The Balaban J connectivity index is 0.00000925. The molecular weight excluding hydrogens is 858 g/mol. The molecule has 5 rings (SSSR count). The van der Waals surface area contributed by atoms with E-state index in [1.165, 1.54) is 22.9 Å². The number of carboxylic acid groups (broad SMARTS) is 2. The molecule has 3 aromatic rings. The van der Waals surface area contributed by atoms with Gasteiger partial charge in [0.25, 0.3) is 0 Å². The van der Waals surface area contributed by atoms with E-state index in [0.717, 1.165) is 58.3 Å². The van der Waals surface area contributed by atoms with Crippen molar-refractivity contribution in [3.8, 4) is 0 Å². The zero-order valence-corrected chi connectivity index (χ0v) is 40.8. The van der Waals surface area contributed by atoms with E-state index in [4.69, 9.17) is 19.9 Å². The van der Waals surface area contributed by atoms with Crippen molar-refractivity contribution in [2.45, 2.75) is 145 Å². The molecule has 0 radical (unpaired) electrons. The van der Waals surface area contributed by atoms with E-state index < -0.39 is 23.6 Å². The second kappa shape index (κ2) is 22.6. The van der Waals surface area contributed by atoms with Crippen LogP contribution in [-0.4, -0.2) is 53.7 Å². The Morgan fingerprint density at radius 2 is 1.26 bits per heavy atom. The summed E-state index contributed by atoms with van der Waals surface area (Å²) < 4.78 is 0.838. The van der Waals surface area contributed by atoms with Gasteiger partial charge in [-0.25, -0.2) is 14.7 Å². The van der Waals surface area contributed by atoms with Crippen molar-refractivity contribution >= 4 is 62.5 Å². The molecule has 3 N–H and O–H groups in total. The number of hydrogen-bond acceptors (Lipinski definition) is 6. The summed E-state index contributed by atoms with van der Waals surface area (Å²) in [5.74, 6) is -1.96. The molecule has 0 fully saturated rings. The number of aliphatic carboxylic acids is 2. The van der Waals surface area contributed by atoms with E-state index in [1.54, 1.807) is 39.0 Å². The molecule has 65 heavy (non-hydrogen) atoms. The fraction of sp³-hybridized carbons (Fsp3) is 0.415. The summed E-state index contributed by atoms with van der Waals surface area (Å²) in [6.45, 7) is 23.8. The van der Waals surface area contributed by atoms with Crippen molar-refractivity contribution in [2.75, 3.05) is 0 Å². The van der Waals surface area contributed by atoms with Crippen LogP contribution in [0.5, 0.6) is 0 Å². The second-order valence-corrected chi connectivity index (χ2v) is 18.3. The molecule has 0 saturated carbocycles. The Kier molecular flexibility index (Phi) is 18.1. The Labute approximate surface area is 394 Å². The Morgan fingerprint density at radius 3 is 1.86 bits per heavy atom. The third kappa shape index (κ3) is 13.3. The van der Waals surface area contributed by atoms with Crippen LogP contribution in [0.15, 0.2) is 71.9 Å². The first-order chi connectivity index (χ1) is 30.2. The van der Waals surface area contributed by atoms with Gasteiger partial charge < -0.3 is 30.5 Å². The number of aliphatic hydroxyl groups excluding tert-OH is 1. The average molecular weight is 924 g/mol. The van der Waals surface area contributed by atoms with Gasteiger partial charge in [0.2, 0.25) is 0 Å². The zero-order valence-electron chi connectivity index (χ0n) is 39.7. The quantitative estimate of drug-likeness (QED) is 0.0278. The first kappa shape index (κ1) is 52.1. The van der Waals surface area contributed by atoms with Crippen LogP contribution in [0.25, 0.3) is 44.4 Å². The summed E-state index contributed by atoms with van der Waals surface area (Å²) in [6.07, 6.45) is 14.2. The van der Waals surface area contributed by atoms with Crippen LogP contribution in [0.2, 0.25) is 0 Å². The molecule has 2 aliphatic rings. The number of aliphatic hydroxyl groups is 1. The molecule has 1 unspecified atom stereocenters.